The Bertz CT molecular complexity index is 51.4. The first-order valence-corrected chi connectivity index (χ1v) is 4.89. The predicted molar refractivity (Wildman–Crippen MR) is 25.0 cm³/mol. The quantitative estimate of drug-likeness (QED) is 0.409. The summed E-state index contributed by atoms with van der Waals surface area (Å²) in [6.07, 6.45) is 0. The van der Waals surface area contributed by atoms with Crippen LogP contribution in [0.4, 0.5) is 0 Å². The summed E-state index contributed by atoms with van der Waals surface area (Å²) in [6, 6.07) is 0. The fraction of sp³-hybridized carbons (Fsp3) is 1.00. The second-order valence-electron chi connectivity index (χ2n) is 1.60. The predicted octanol–water partition coefficient (Wildman–Crippen LogP) is 0.841. The summed E-state index contributed by atoms with van der Waals surface area (Å²) in [6.45, 7) is 3.18. The van der Waals surface area contributed by atoms with Crippen LogP contribution >= 0.6 is 9.75 Å². The maximum atomic E-state index is 8.78. The normalized spacial score (nSPS) is 11.9. The van der Waals surface area contributed by atoms with Crippen LogP contribution in [0, 0.1) is 0 Å². The van der Waals surface area contributed by atoms with Gasteiger partial charge in [0.1, 0.15) is 0 Å². The Labute approximate surface area is 57.4 Å². The molecule has 0 amide bonds. The van der Waals surface area contributed by atoms with Crippen LogP contribution in [-0.4, -0.2) is 10.9 Å². The van der Waals surface area contributed by atoms with E-state index in [1.165, 1.54) is 9.75 Å². The molecule has 0 saturated heterocycles. The van der Waals surface area contributed by atoms with E-state index >= 15 is 0 Å². The van der Waals surface area contributed by atoms with Crippen LogP contribution in [0.1, 0.15) is 13.8 Å². The van der Waals surface area contributed by atoms with Gasteiger partial charge >= 0.3 is 57.2 Å². The summed E-state index contributed by atoms with van der Waals surface area (Å²) < 4.78 is 4.71. The third-order valence-corrected chi connectivity index (χ3v) is 1.22. The van der Waals surface area contributed by atoms with Gasteiger partial charge in [-0.15, -0.1) is 0 Å². The molecule has 0 aliphatic heterocycles. The van der Waals surface area contributed by atoms with Gasteiger partial charge in [0.2, 0.25) is 0 Å². The van der Waals surface area contributed by atoms with Crippen molar-refractivity contribution in [3.63, 3.8) is 0 Å². The fourth-order valence-electron chi connectivity index (χ4n) is 0.0833. The van der Waals surface area contributed by atoms with Gasteiger partial charge in [-0.1, -0.05) is 0 Å². The van der Waals surface area contributed by atoms with Crippen LogP contribution in [0.2, 0.25) is 0 Å². The van der Waals surface area contributed by atoms with Crippen molar-refractivity contribution in [3.05, 3.63) is 0 Å². The molecule has 0 spiro atoms. The van der Waals surface area contributed by atoms with Gasteiger partial charge in [-0.05, 0) is 0 Å². The van der Waals surface area contributed by atoms with Gasteiger partial charge in [-0.25, -0.2) is 0 Å². The van der Waals surface area contributed by atoms with Crippen LogP contribution in [0.15, 0.2) is 0 Å². The molecule has 0 rings (SSSR count). The molecular weight excluding hydrogens is 196 g/mol. The SMILES string of the molecule is CC(C)(O)O[S][Mo]. The molecule has 0 aromatic heterocycles. The zero-order chi connectivity index (χ0) is 5.91. The van der Waals surface area contributed by atoms with E-state index in [1.807, 2.05) is 0 Å². The van der Waals surface area contributed by atoms with E-state index in [2.05, 4.69) is 0 Å². The summed E-state index contributed by atoms with van der Waals surface area (Å²) in [5.74, 6) is -0.984. The molecule has 0 saturated carbocycles. The van der Waals surface area contributed by atoms with Crippen molar-refractivity contribution in [1.82, 2.24) is 0 Å². The number of hydrogen-bond donors (Lipinski definition) is 1. The van der Waals surface area contributed by atoms with E-state index in [0.717, 1.165) is 0 Å². The van der Waals surface area contributed by atoms with E-state index in [0.29, 0.717) is 0 Å². The van der Waals surface area contributed by atoms with Gasteiger partial charge in [0.05, 0.1) is 0 Å². The van der Waals surface area contributed by atoms with E-state index < -0.39 is 5.79 Å². The van der Waals surface area contributed by atoms with Crippen LogP contribution in [-0.2, 0) is 22.7 Å². The topological polar surface area (TPSA) is 29.5 Å². The molecule has 0 bridgehead atoms. The molecule has 0 fully saturated rings. The summed E-state index contributed by atoms with van der Waals surface area (Å²) in [5, 5.41) is 8.78. The maximum absolute atomic E-state index is 8.78. The van der Waals surface area contributed by atoms with E-state index in [1.54, 1.807) is 32.4 Å². The zero-order valence-electron chi connectivity index (χ0n) is 4.17. The summed E-state index contributed by atoms with van der Waals surface area (Å²) in [7, 11) is 1.17. The second kappa shape index (κ2) is 3.08. The van der Waals surface area contributed by atoms with Crippen molar-refractivity contribution < 1.29 is 27.8 Å². The molecule has 4 heteroatoms. The molecule has 0 aromatic rings. The van der Waals surface area contributed by atoms with Crippen molar-refractivity contribution in [2.45, 2.75) is 19.6 Å². The average Bonchev–Trinajstić information content (AvgIpc) is 1.30. The molecule has 0 aliphatic carbocycles. The molecule has 2 nitrogen and oxygen atoms in total. The Hall–Kier alpha value is 0.958. The Morgan fingerprint density at radius 3 is 2.14 bits per heavy atom. The molecule has 0 radical (unpaired) electrons. The van der Waals surface area contributed by atoms with Crippen LogP contribution < -0.4 is 0 Å². The number of aliphatic hydroxyl groups is 1. The zero-order valence-corrected chi connectivity index (χ0v) is 7.00. The van der Waals surface area contributed by atoms with Gasteiger partial charge in [-0.3, -0.25) is 0 Å². The van der Waals surface area contributed by atoms with Gasteiger partial charge in [0.25, 0.3) is 0 Å². The van der Waals surface area contributed by atoms with Crippen molar-refractivity contribution in [3.8, 4) is 0 Å². The van der Waals surface area contributed by atoms with E-state index in [-0.39, 0.29) is 0 Å². The second-order valence-corrected chi connectivity index (χ2v) is 2.90. The van der Waals surface area contributed by atoms with Crippen molar-refractivity contribution in [2.24, 2.45) is 0 Å². The van der Waals surface area contributed by atoms with Crippen LogP contribution in [0.25, 0.3) is 0 Å². The summed E-state index contributed by atoms with van der Waals surface area (Å²) in [5.41, 5.74) is 0. The molecule has 0 heterocycles. The minimum atomic E-state index is -0.984. The van der Waals surface area contributed by atoms with Gasteiger partial charge in [-0.2, -0.15) is 0 Å². The molecule has 1 N–H and O–H groups in total. The Balaban J connectivity index is 3.15. The molecule has 0 unspecified atom stereocenters. The van der Waals surface area contributed by atoms with Gasteiger partial charge in [0.15, 0.2) is 0 Å². The molecule has 0 atom stereocenters. The first-order chi connectivity index (χ1) is 3.06. The van der Waals surface area contributed by atoms with Crippen molar-refractivity contribution in [2.75, 3.05) is 0 Å². The Morgan fingerprint density at radius 1 is 1.71 bits per heavy atom. The fourth-order valence-corrected chi connectivity index (χ4v) is 1.48. The van der Waals surface area contributed by atoms with Gasteiger partial charge < -0.3 is 0 Å². The molecular formula is C3H7MoO2S. The molecule has 0 aliphatic rings. The first kappa shape index (κ1) is 7.96. The monoisotopic (exact) mass is 205 g/mol. The van der Waals surface area contributed by atoms with E-state index in [4.69, 9.17) is 9.29 Å². The summed E-state index contributed by atoms with van der Waals surface area (Å²) in [4.78, 5) is 0. The van der Waals surface area contributed by atoms with Crippen LogP contribution in [0.3, 0.4) is 0 Å². The molecule has 7 heavy (non-hydrogen) atoms. The Morgan fingerprint density at radius 2 is 2.14 bits per heavy atom. The first-order valence-electron chi connectivity index (χ1n) is 1.76. The molecule has 43 valence electrons. The average molecular weight is 203 g/mol. The third kappa shape index (κ3) is 6.96. The minimum absolute atomic E-state index is 0.984. The number of hydrogen-bond acceptors (Lipinski definition) is 3. The molecule has 0 aromatic carbocycles. The number of rotatable bonds is 2. The van der Waals surface area contributed by atoms with Crippen molar-refractivity contribution in [1.29, 1.82) is 0 Å². The standard InChI is InChI=1S/C3H8O2S.Mo/c1-3(2,4)5-6;/h4,6H,1-2H3;/q;+1/p-1. The Kier molecular flexibility index (Phi) is 3.50. The van der Waals surface area contributed by atoms with Crippen LogP contribution in [0.5, 0.6) is 0 Å². The third-order valence-electron chi connectivity index (χ3n) is 0.238. The van der Waals surface area contributed by atoms with Crippen molar-refractivity contribution >= 4 is 9.75 Å². The summed E-state index contributed by atoms with van der Waals surface area (Å²) >= 11 is 1.70. The van der Waals surface area contributed by atoms with Gasteiger partial charge in [0, 0.05) is 0 Å². The van der Waals surface area contributed by atoms with E-state index in [9.17, 15) is 0 Å².